The quantitative estimate of drug-likeness (QED) is 0.783. The van der Waals surface area contributed by atoms with Crippen molar-refractivity contribution >= 4 is 23.2 Å². The summed E-state index contributed by atoms with van der Waals surface area (Å²) in [6.07, 6.45) is 5.88. The highest BCUT2D eigenvalue weighted by Gasteiger charge is 2.08. The first kappa shape index (κ1) is 11.4. The fourth-order valence-corrected chi connectivity index (χ4v) is 1.82. The van der Waals surface area contributed by atoms with Gasteiger partial charge in [0.05, 0.1) is 0 Å². The van der Waals surface area contributed by atoms with Gasteiger partial charge in [0.1, 0.15) is 0 Å². The lowest BCUT2D eigenvalue weighted by molar-refractivity contribution is 0.612. The Morgan fingerprint density at radius 2 is 1.93 bits per heavy atom. The zero-order chi connectivity index (χ0) is 10.6. The number of benzene rings is 1. The van der Waals surface area contributed by atoms with Crippen molar-refractivity contribution in [1.29, 1.82) is 0 Å². The molecular formula is C11H11Cl2N. The second-order valence-corrected chi connectivity index (χ2v) is 3.83. The van der Waals surface area contributed by atoms with Crippen LogP contribution in [0.5, 0.6) is 0 Å². The highest BCUT2D eigenvalue weighted by Crippen LogP contribution is 2.24. The molecule has 0 heterocycles. The first-order valence-corrected chi connectivity index (χ1v) is 4.99. The maximum Gasteiger partial charge on any atom is 0.0429 e. The summed E-state index contributed by atoms with van der Waals surface area (Å²) in [5.41, 5.74) is 1.02. The molecule has 1 atom stereocenters. The van der Waals surface area contributed by atoms with E-state index < -0.39 is 0 Å². The van der Waals surface area contributed by atoms with Crippen LogP contribution in [-0.2, 0) is 0 Å². The van der Waals surface area contributed by atoms with Crippen molar-refractivity contribution in [2.75, 3.05) is 7.05 Å². The van der Waals surface area contributed by atoms with Crippen LogP contribution in [0.3, 0.4) is 0 Å². The fourth-order valence-electron chi connectivity index (χ4n) is 1.28. The van der Waals surface area contributed by atoms with Crippen LogP contribution in [0.25, 0.3) is 0 Å². The van der Waals surface area contributed by atoms with Crippen molar-refractivity contribution in [3.05, 3.63) is 33.8 Å². The Bertz CT molecular complexity index is 335. The van der Waals surface area contributed by atoms with Crippen molar-refractivity contribution in [1.82, 2.24) is 5.32 Å². The molecule has 0 bridgehead atoms. The minimum atomic E-state index is 0.108. The van der Waals surface area contributed by atoms with Gasteiger partial charge in [-0.2, -0.15) is 0 Å². The highest BCUT2D eigenvalue weighted by atomic mass is 35.5. The predicted octanol–water partition coefficient (Wildman–Crippen LogP) is 3.28. The standard InChI is InChI=1S/C11H11Cl2N/c1-3-4-11(14-2)8-5-9(12)7-10(13)6-8/h1,5-7,11,14H,4H2,2H3. The summed E-state index contributed by atoms with van der Waals surface area (Å²) in [6.45, 7) is 0. The van der Waals surface area contributed by atoms with Gasteiger partial charge in [-0.15, -0.1) is 12.3 Å². The monoisotopic (exact) mass is 227 g/mol. The molecule has 1 unspecified atom stereocenters. The first-order chi connectivity index (χ1) is 6.67. The van der Waals surface area contributed by atoms with Crippen molar-refractivity contribution in [2.45, 2.75) is 12.5 Å². The molecular weight excluding hydrogens is 217 g/mol. The van der Waals surface area contributed by atoms with E-state index in [1.807, 2.05) is 19.2 Å². The van der Waals surface area contributed by atoms with Gasteiger partial charge < -0.3 is 5.32 Å². The summed E-state index contributed by atoms with van der Waals surface area (Å²) < 4.78 is 0. The fraction of sp³-hybridized carbons (Fsp3) is 0.273. The number of terminal acetylenes is 1. The van der Waals surface area contributed by atoms with Gasteiger partial charge in [-0.3, -0.25) is 0 Å². The Hall–Kier alpha value is -0.680. The van der Waals surface area contributed by atoms with E-state index in [2.05, 4.69) is 11.2 Å². The lowest BCUT2D eigenvalue weighted by atomic mass is 10.0. The van der Waals surface area contributed by atoms with Crippen molar-refractivity contribution < 1.29 is 0 Å². The van der Waals surface area contributed by atoms with Crippen molar-refractivity contribution in [2.24, 2.45) is 0 Å². The van der Waals surface area contributed by atoms with E-state index in [9.17, 15) is 0 Å². The molecule has 14 heavy (non-hydrogen) atoms. The molecule has 0 saturated carbocycles. The van der Waals surface area contributed by atoms with E-state index in [0.29, 0.717) is 16.5 Å². The van der Waals surface area contributed by atoms with Gasteiger partial charge in [-0.1, -0.05) is 23.2 Å². The molecule has 0 radical (unpaired) electrons. The normalized spacial score (nSPS) is 12.1. The van der Waals surface area contributed by atoms with Crippen LogP contribution in [0, 0.1) is 12.3 Å². The Morgan fingerprint density at radius 1 is 1.36 bits per heavy atom. The largest absolute Gasteiger partial charge is 0.312 e. The van der Waals surface area contributed by atoms with E-state index in [0.717, 1.165) is 5.56 Å². The maximum atomic E-state index is 5.89. The van der Waals surface area contributed by atoms with Gasteiger partial charge in [-0.25, -0.2) is 0 Å². The average molecular weight is 228 g/mol. The molecule has 1 rings (SSSR count). The second-order valence-electron chi connectivity index (χ2n) is 2.95. The second kappa shape index (κ2) is 5.26. The third kappa shape index (κ3) is 2.92. The Kier molecular flexibility index (Phi) is 4.28. The van der Waals surface area contributed by atoms with Crippen molar-refractivity contribution in [3.63, 3.8) is 0 Å². The molecule has 74 valence electrons. The molecule has 3 heteroatoms. The first-order valence-electron chi connectivity index (χ1n) is 4.24. The Morgan fingerprint density at radius 3 is 2.36 bits per heavy atom. The lowest BCUT2D eigenvalue weighted by Crippen LogP contribution is -2.15. The summed E-state index contributed by atoms with van der Waals surface area (Å²) in [5.74, 6) is 2.61. The third-order valence-electron chi connectivity index (χ3n) is 1.96. The van der Waals surface area contributed by atoms with Crippen molar-refractivity contribution in [3.8, 4) is 12.3 Å². The molecule has 0 aliphatic heterocycles. The minimum Gasteiger partial charge on any atom is -0.312 e. The van der Waals surface area contributed by atoms with Gasteiger partial charge in [0.2, 0.25) is 0 Å². The number of hydrogen-bond donors (Lipinski definition) is 1. The lowest BCUT2D eigenvalue weighted by Gasteiger charge is -2.14. The molecule has 0 fully saturated rings. The predicted molar refractivity (Wildman–Crippen MR) is 61.7 cm³/mol. The van der Waals surface area contributed by atoms with Crippen LogP contribution >= 0.6 is 23.2 Å². The summed E-state index contributed by atoms with van der Waals surface area (Å²) in [7, 11) is 1.86. The summed E-state index contributed by atoms with van der Waals surface area (Å²) in [6, 6.07) is 5.55. The molecule has 0 aliphatic carbocycles. The van der Waals surface area contributed by atoms with E-state index in [1.54, 1.807) is 6.07 Å². The van der Waals surface area contributed by atoms with Gasteiger partial charge in [0.15, 0.2) is 0 Å². The molecule has 0 aliphatic rings. The number of hydrogen-bond acceptors (Lipinski definition) is 1. The average Bonchev–Trinajstić information content (AvgIpc) is 2.12. The Labute approximate surface area is 94.4 Å². The van der Waals surface area contributed by atoms with E-state index >= 15 is 0 Å². The maximum absolute atomic E-state index is 5.89. The van der Waals surface area contributed by atoms with Crippen LogP contribution in [0.15, 0.2) is 18.2 Å². The zero-order valence-electron chi connectivity index (χ0n) is 7.85. The van der Waals surface area contributed by atoms with Crippen LogP contribution in [0.1, 0.15) is 18.0 Å². The topological polar surface area (TPSA) is 12.0 Å². The number of halogens is 2. The van der Waals surface area contributed by atoms with Crippen LogP contribution in [-0.4, -0.2) is 7.05 Å². The molecule has 0 spiro atoms. The number of nitrogens with one attached hydrogen (secondary N) is 1. The number of rotatable bonds is 3. The SMILES string of the molecule is C#CCC(NC)c1cc(Cl)cc(Cl)c1. The molecule has 1 N–H and O–H groups in total. The van der Waals surface area contributed by atoms with Gasteiger partial charge >= 0.3 is 0 Å². The van der Waals surface area contributed by atoms with E-state index in [4.69, 9.17) is 29.6 Å². The summed E-state index contributed by atoms with van der Waals surface area (Å²) >= 11 is 11.8. The summed E-state index contributed by atoms with van der Waals surface area (Å²) in [4.78, 5) is 0. The van der Waals surface area contributed by atoms with Gasteiger partial charge in [0, 0.05) is 22.5 Å². The van der Waals surface area contributed by atoms with Gasteiger partial charge in [0.25, 0.3) is 0 Å². The van der Waals surface area contributed by atoms with E-state index in [1.165, 1.54) is 0 Å². The van der Waals surface area contributed by atoms with Gasteiger partial charge in [-0.05, 0) is 30.8 Å². The highest BCUT2D eigenvalue weighted by molar-refractivity contribution is 6.34. The van der Waals surface area contributed by atoms with Crippen LogP contribution < -0.4 is 5.32 Å². The molecule has 1 nitrogen and oxygen atoms in total. The van der Waals surface area contributed by atoms with Crippen LogP contribution in [0.4, 0.5) is 0 Å². The molecule has 1 aromatic carbocycles. The third-order valence-corrected chi connectivity index (χ3v) is 2.39. The Balaban J connectivity index is 2.98. The minimum absolute atomic E-state index is 0.108. The smallest absolute Gasteiger partial charge is 0.0429 e. The molecule has 0 saturated heterocycles. The zero-order valence-corrected chi connectivity index (χ0v) is 9.36. The molecule has 0 amide bonds. The van der Waals surface area contributed by atoms with Crippen LogP contribution in [0.2, 0.25) is 10.0 Å². The summed E-state index contributed by atoms with van der Waals surface area (Å²) in [5, 5.41) is 4.37. The molecule has 0 aromatic heterocycles. The van der Waals surface area contributed by atoms with E-state index in [-0.39, 0.29) is 6.04 Å². The molecule has 1 aromatic rings.